The van der Waals surface area contributed by atoms with Crippen LogP contribution in [0.4, 0.5) is 0 Å². The summed E-state index contributed by atoms with van der Waals surface area (Å²) >= 11 is 0. The first-order valence-electron chi connectivity index (χ1n) is 2.74. The van der Waals surface area contributed by atoms with Gasteiger partial charge in [-0.15, -0.1) is 0 Å². The van der Waals surface area contributed by atoms with E-state index >= 15 is 0 Å². The van der Waals surface area contributed by atoms with Crippen LogP contribution in [-0.4, -0.2) is 15.8 Å². The average Bonchev–Trinajstić information content (AvgIpc) is 2.16. The van der Waals surface area contributed by atoms with E-state index < -0.39 is 23.5 Å². The Bertz CT molecular complexity index is 266. The third-order valence-electron chi connectivity index (χ3n) is 0.300. The van der Waals surface area contributed by atoms with E-state index in [9.17, 15) is 0 Å². The Morgan fingerprint density at radius 3 is 0.600 bits per heavy atom. The minimum atomic E-state index is -5.09. The molecule has 3 N–H and O–H groups in total. The maximum absolute atomic E-state index is 9.00. The molecule has 0 aromatic rings. The van der Waals surface area contributed by atoms with Crippen molar-refractivity contribution >= 4 is 23.5 Å². The van der Waals surface area contributed by atoms with Gasteiger partial charge in [-0.2, -0.15) is 0 Å². The van der Waals surface area contributed by atoms with Crippen LogP contribution in [0.1, 0.15) is 0 Å². The van der Waals surface area contributed by atoms with E-state index in [0.717, 1.165) is 0 Å². The largest absolute Gasteiger partial charge is 3.00 e. The molecule has 0 aromatic carbocycles. The fraction of sp³-hybridized carbons (Fsp3) is 0. The van der Waals surface area contributed by atoms with Gasteiger partial charge >= 0.3 is 34.1 Å². The third kappa shape index (κ3) is 61.0. The van der Waals surface area contributed by atoms with Gasteiger partial charge in [-0.05, 0) is 0 Å². The minimum Gasteiger partial charge on any atom is -0.788 e. The van der Waals surface area contributed by atoms with E-state index in [-0.39, 0.29) is 34.1 Å². The van der Waals surface area contributed by atoms with Crippen molar-refractivity contribution in [3.63, 3.8) is 0 Å². The molecule has 0 rings (SSSR count). The molecule has 0 aliphatic heterocycles. The Morgan fingerprint density at radius 1 is 0.550 bits per heavy atom. The van der Waals surface area contributed by atoms with E-state index in [1.54, 1.807) is 0 Å². The van der Waals surface area contributed by atoms with E-state index in [2.05, 4.69) is 14.0 Å². The molecule has 2 radical (unpaired) electrons. The SMILES string of the molecule is O=P([O-])([O-])OO.O=P([O-])([O-])OO.O=P([O-])([O-])OO.[Fe+3].[Fe+3]. The molecule has 0 spiro atoms. The van der Waals surface area contributed by atoms with Gasteiger partial charge in [0.2, 0.25) is 0 Å². The van der Waals surface area contributed by atoms with Crippen molar-refractivity contribution in [2.45, 2.75) is 0 Å². The molecule has 15 nitrogen and oxygen atoms in total. The number of hydrogen-bond donors (Lipinski definition) is 3. The summed E-state index contributed by atoms with van der Waals surface area (Å²) in [6, 6.07) is 0. The summed E-state index contributed by atoms with van der Waals surface area (Å²) in [4.78, 5) is 54.0. The topological polar surface area (TPSA) is 278 Å². The molecule has 0 saturated heterocycles. The second-order valence-electron chi connectivity index (χ2n) is 1.59. The monoisotopic (exact) mass is 448 g/mol. The molecule has 20 heteroatoms. The predicted octanol–water partition coefficient (Wildman–Crippen LogP) is -5.09. The first-order valence-corrected chi connectivity index (χ1v) is 7.12. The van der Waals surface area contributed by atoms with Gasteiger partial charge in [-0.3, -0.25) is 0 Å². The first kappa shape index (κ1) is 33.0. The summed E-state index contributed by atoms with van der Waals surface area (Å²) in [5, 5.41) is 21.0. The molecule has 0 aromatic heterocycles. The van der Waals surface area contributed by atoms with Crippen molar-refractivity contribution in [1.82, 2.24) is 0 Å². The zero-order valence-corrected chi connectivity index (χ0v) is 13.2. The minimum absolute atomic E-state index is 0. The van der Waals surface area contributed by atoms with Gasteiger partial charge < -0.3 is 43.1 Å². The van der Waals surface area contributed by atoms with Crippen LogP contribution in [0.2, 0.25) is 0 Å². The van der Waals surface area contributed by atoms with E-state index in [4.69, 9.17) is 58.8 Å². The van der Waals surface area contributed by atoms with Crippen LogP contribution in [0.5, 0.6) is 0 Å². The summed E-state index contributed by atoms with van der Waals surface area (Å²) < 4.78 is 34.1. The quantitative estimate of drug-likeness (QED) is 0.158. The molecule has 0 amide bonds. The van der Waals surface area contributed by atoms with Crippen LogP contribution in [-0.2, 0) is 61.9 Å². The van der Waals surface area contributed by atoms with Crippen LogP contribution in [0.25, 0.3) is 0 Å². The van der Waals surface area contributed by atoms with Crippen molar-refractivity contribution < 1.29 is 107 Å². The van der Waals surface area contributed by atoms with Crippen LogP contribution >= 0.6 is 23.5 Å². The fourth-order valence-electron chi connectivity index (χ4n) is 0. The standard InChI is InChI=1S/2Fe.3H3O5P/c;;3*1-5-6(2,3)4/h;;3*1H,(H2,2,3,4)/q2*+3;;;/p-6. The number of rotatable bonds is 3. The van der Waals surface area contributed by atoms with Gasteiger partial charge in [-0.1, -0.05) is 0 Å². The third-order valence-corrected chi connectivity index (χ3v) is 0.900. The van der Waals surface area contributed by atoms with E-state index in [1.807, 2.05) is 0 Å². The first-order chi connectivity index (χ1) is 7.68. The molecule has 0 unspecified atom stereocenters. The summed E-state index contributed by atoms with van der Waals surface area (Å²) in [6.45, 7) is 0. The van der Waals surface area contributed by atoms with Crippen LogP contribution in [0.15, 0.2) is 0 Å². The van der Waals surface area contributed by atoms with Crippen LogP contribution < -0.4 is 29.4 Å². The second kappa shape index (κ2) is 15.2. The smallest absolute Gasteiger partial charge is 0.788 e. The van der Waals surface area contributed by atoms with Crippen LogP contribution in [0, 0.1) is 0 Å². The summed E-state index contributed by atoms with van der Waals surface area (Å²) in [6.07, 6.45) is 0. The molecule has 0 bridgehead atoms. The summed E-state index contributed by atoms with van der Waals surface area (Å²) in [7, 11) is -15.3. The van der Waals surface area contributed by atoms with Crippen molar-refractivity contribution in [3.8, 4) is 0 Å². The Hall–Kier alpha value is 1.25. The fourth-order valence-corrected chi connectivity index (χ4v) is 0. The van der Waals surface area contributed by atoms with E-state index in [1.165, 1.54) is 0 Å². The van der Waals surface area contributed by atoms with Gasteiger partial charge in [0, 0.05) is 0 Å². The maximum Gasteiger partial charge on any atom is 3.00 e. The molecule has 0 saturated carbocycles. The zero-order chi connectivity index (χ0) is 15.6. The predicted molar refractivity (Wildman–Crippen MR) is 34.0 cm³/mol. The molecule has 20 heavy (non-hydrogen) atoms. The Kier molecular flexibility index (Phi) is 25.0. The summed E-state index contributed by atoms with van der Waals surface area (Å²) in [5.74, 6) is 0. The molecular weight excluding hydrogens is 445 g/mol. The Morgan fingerprint density at radius 2 is 0.600 bits per heavy atom. The summed E-state index contributed by atoms with van der Waals surface area (Å²) in [5.41, 5.74) is 0. The molecule has 124 valence electrons. The normalized spacial score (nSPS) is 10.7. The van der Waals surface area contributed by atoms with Gasteiger partial charge in [0.15, 0.2) is 0 Å². The Balaban J connectivity index is -0.0000000536. The van der Waals surface area contributed by atoms with Crippen molar-refractivity contribution in [1.29, 1.82) is 0 Å². The van der Waals surface area contributed by atoms with Gasteiger partial charge in [0.25, 0.3) is 0 Å². The van der Waals surface area contributed by atoms with E-state index in [0.29, 0.717) is 0 Å². The molecule has 0 fully saturated rings. The van der Waals surface area contributed by atoms with Crippen molar-refractivity contribution in [3.05, 3.63) is 0 Å². The molecule has 0 aliphatic rings. The Labute approximate surface area is 131 Å². The second-order valence-corrected chi connectivity index (χ2v) is 4.76. The van der Waals surface area contributed by atoms with Gasteiger partial charge in [0.1, 0.15) is 0 Å². The van der Waals surface area contributed by atoms with Gasteiger partial charge in [-0.25, -0.2) is 29.8 Å². The maximum atomic E-state index is 9.00. The van der Waals surface area contributed by atoms with Crippen molar-refractivity contribution in [2.75, 3.05) is 0 Å². The average molecular weight is 448 g/mol. The van der Waals surface area contributed by atoms with Crippen molar-refractivity contribution in [2.24, 2.45) is 0 Å². The van der Waals surface area contributed by atoms with Gasteiger partial charge in [0.05, 0.1) is 23.5 Å². The molecule has 0 heterocycles. The molecule has 0 aliphatic carbocycles. The zero-order valence-electron chi connectivity index (χ0n) is 8.29. The molecule has 0 atom stereocenters. The number of phosphoric acid groups is 3. The molecular formula is H3Fe2O15P3. The van der Waals surface area contributed by atoms with Crippen LogP contribution in [0.3, 0.4) is 0 Å². The number of hydrogen-bond acceptors (Lipinski definition) is 15.